The van der Waals surface area contributed by atoms with Crippen molar-refractivity contribution in [2.45, 2.75) is 95.9 Å². The Balaban J connectivity index is 0.000000156. The molecule has 0 amide bonds. The second-order valence-corrected chi connectivity index (χ2v) is 20.5. The molecule has 5 N–H and O–H groups in total. The van der Waals surface area contributed by atoms with E-state index < -0.39 is 17.3 Å². The summed E-state index contributed by atoms with van der Waals surface area (Å²) in [4.78, 5) is 45.7. The minimum absolute atomic E-state index is 0. The van der Waals surface area contributed by atoms with Crippen LogP contribution in [0.25, 0.3) is 11.4 Å². The lowest BCUT2D eigenvalue weighted by atomic mass is 9.83. The Morgan fingerprint density at radius 2 is 1.15 bits per heavy atom. The maximum absolute atomic E-state index is 14.6. The quantitative estimate of drug-likeness (QED) is 0.0826. The third kappa shape index (κ3) is 13.3. The summed E-state index contributed by atoms with van der Waals surface area (Å²) in [5, 5.41) is 24.8. The summed E-state index contributed by atoms with van der Waals surface area (Å²) in [6.07, 6.45) is 14.5. The molecule has 78 heavy (non-hydrogen) atoms. The number of tetrazole rings is 2. The van der Waals surface area contributed by atoms with Gasteiger partial charge in [0, 0.05) is 50.6 Å². The molecule has 24 nitrogen and oxygen atoms in total. The predicted octanol–water partition coefficient (Wildman–Crippen LogP) is 5.00. The second-order valence-electron chi connectivity index (χ2n) is 20.2. The molecule has 10 heterocycles. The first kappa shape index (κ1) is 55.9. The molecule has 6 fully saturated rings. The van der Waals surface area contributed by atoms with Gasteiger partial charge < -0.3 is 50.4 Å². The van der Waals surface area contributed by atoms with Crippen molar-refractivity contribution in [1.29, 1.82) is 0 Å². The van der Waals surface area contributed by atoms with Gasteiger partial charge >= 0.3 is 11.4 Å². The molecule has 0 saturated carbocycles. The minimum Gasteiger partial charge on any atom is -0.483 e. The number of anilines is 5. The highest BCUT2D eigenvalue weighted by atomic mass is 35.5. The number of piperidine rings is 4. The fraction of sp³-hybridized carbons (Fsp3) is 0.569. The number of ether oxygens (including phenoxy) is 4. The molecule has 2 aromatic carbocycles. The molecule has 12 rings (SSSR count). The van der Waals surface area contributed by atoms with E-state index >= 15 is 0 Å². The number of nitrogens with two attached hydrogens (primary N) is 1. The van der Waals surface area contributed by atoms with E-state index in [1.165, 1.54) is 85.0 Å². The molecular formula is C51H69ClF2N18O6. The van der Waals surface area contributed by atoms with Crippen LogP contribution in [0.5, 0.6) is 11.5 Å². The Labute approximate surface area is 454 Å². The van der Waals surface area contributed by atoms with Gasteiger partial charge in [-0.1, -0.05) is 20.3 Å². The van der Waals surface area contributed by atoms with Crippen molar-refractivity contribution in [2.75, 3.05) is 87.4 Å². The van der Waals surface area contributed by atoms with Crippen LogP contribution in [0.3, 0.4) is 0 Å². The van der Waals surface area contributed by atoms with Crippen LogP contribution < -0.4 is 42.5 Å². The third-order valence-electron chi connectivity index (χ3n) is 14.9. The molecule has 0 unspecified atom stereocenters. The van der Waals surface area contributed by atoms with E-state index in [1.54, 1.807) is 36.4 Å². The lowest BCUT2D eigenvalue weighted by Gasteiger charge is -2.44. The number of fused-ring (bicyclic) bond motifs is 2. The third-order valence-corrected chi connectivity index (χ3v) is 15.1. The Morgan fingerprint density at radius 1 is 0.654 bits per heavy atom. The highest BCUT2D eigenvalue weighted by Crippen LogP contribution is 2.34. The zero-order valence-corrected chi connectivity index (χ0v) is 43.9. The zero-order chi connectivity index (χ0) is 53.4. The summed E-state index contributed by atoms with van der Waals surface area (Å²) in [5.74, 6) is 1.73. The van der Waals surface area contributed by atoms with Crippen LogP contribution in [0.15, 0.2) is 58.4 Å². The number of aromatic nitrogens is 12. The first-order valence-corrected chi connectivity index (χ1v) is 26.8. The van der Waals surface area contributed by atoms with Crippen LogP contribution >= 0.6 is 11.6 Å². The second kappa shape index (κ2) is 25.7. The number of aryl methyl sites for hydroxylation is 2. The van der Waals surface area contributed by atoms with E-state index in [9.17, 15) is 18.4 Å². The van der Waals surface area contributed by atoms with Gasteiger partial charge in [-0.05, 0) is 158 Å². The smallest absolute Gasteiger partial charge is 0.368 e. The molecular weight excluding hydrogens is 1030 g/mol. The summed E-state index contributed by atoms with van der Waals surface area (Å²) >= 11 is 5.71. The van der Waals surface area contributed by atoms with E-state index in [2.05, 4.69) is 66.5 Å². The summed E-state index contributed by atoms with van der Waals surface area (Å²) in [7, 11) is 3.05. The molecule has 6 aliphatic heterocycles. The highest BCUT2D eigenvalue weighted by molar-refractivity contribution is 6.28. The fourth-order valence-electron chi connectivity index (χ4n) is 10.7. The Bertz CT molecular complexity index is 3080. The maximum Gasteiger partial charge on any atom is 0.368 e. The first-order valence-electron chi connectivity index (χ1n) is 26.4. The van der Waals surface area contributed by atoms with E-state index in [1.807, 2.05) is 0 Å². The first-order chi connectivity index (χ1) is 37.4. The topological polar surface area (TPSA) is 262 Å². The van der Waals surface area contributed by atoms with Crippen LogP contribution in [-0.4, -0.2) is 159 Å². The molecule has 6 aromatic rings. The largest absolute Gasteiger partial charge is 0.483 e. The van der Waals surface area contributed by atoms with Gasteiger partial charge in [-0.3, -0.25) is 0 Å². The van der Waals surface area contributed by atoms with Gasteiger partial charge in [0.15, 0.2) is 23.3 Å². The van der Waals surface area contributed by atoms with E-state index in [-0.39, 0.29) is 48.2 Å². The van der Waals surface area contributed by atoms with Crippen LogP contribution in [0.4, 0.5) is 37.7 Å². The summed E-state index contributed by atoms with van der Waals surface area (Å²) < 4.78 is 54.8. The van der Waals surface area contributed by atoms with E-state index in [4.69, 9.17) is 36.3 Å². The van der Waals surface area contributed by atoms with Crippen molar-refractivity contribution in [1.82, 2.24) is 69.3 Å². The lowest BCUT2D eigenvalue weighted by molar-refractivity contribution is -0.0797. The van der Waals surface area contributed by atoms with Crippen LogP contribution in [-0.2, 0) is 23.6 Å². The van der Waals surface area contributed by atoms with Gasteiger partial charge in [0.25, 0.3) is 0 Å². The molecule has 420 valence electrons. The molecule has 27 heteroatoms. The molecule has 0 bridgehead atoms. The Hall–Kier alpha value is -6.87. The van der Waals surface area contributed by atoms with Crippen molar-refractivity contribution in [3.05, 3.63) is 86.7 Å². The summed E-state index contributed by atoms with van der Waals surface area (Å²) in [6.45, 7) is 8.23. The Kier molecular flexibility index (Phi) is 18.4. The van der Waals surface area contributed by atoms with Crippen molar-refractivity contribution in [3.8, 4) is 22.9 Å². The van der Waals surface area contributed by atoms with Gasteiger partial charge in [0.2, 0.25) is 11.2 Å². The molecule has 4 atom stereocenters. The predicted molar refractivity (Wildman–Crippen MR) is 288 cm³/mol. The molecule has 4 aromatic heterocycles. The highest BCUT2D eigenvalue weighted by Gasteiger charge is 2.34. The summed E-state index contributed by atoms with van der Waals surface area (Å²) in [5.41, 5.74) is 6.96. The molecule has 6 aliphatic rings. The van der Waals surface area contributed by atoms with Crippen LogP contribution in [0.1, 0.15) is 71.6 Å². The van der Waals surface area contributed by atoms with Gasteiger partial charge in [-0.15, -0.1) is 0 Å². The van der Waals surface area contributed by atoms with Gasteiger partial charge in [-0.25, -0.2) is 28.3 Å². The standard InChI is InChI=1S/C25H32FN9O3.C14H20ClFN4.C11H13N5O3.CH4/c1-33-25(36)35(32-31-33)21-11-17(7-8-22(21)38-18-14-37-15-18)29-24-28-13-19(26)23(30-24)27-12-16-5-4-10-34-9-3-2-6-20(16)34;15-14-18-9-11(16)13(19-14)17-8-10-4-3-7-20-6-2-1-5-12(10)20;1-15-11(17)16(14-13-15)9-4-7(12)2-3-10(9)19-8-5-18-6-8;/h7-8,11,13,16,18,20H,2-6,9-10,12,14-15H2,1H3,(H2,27,28,29,30);9-10,12H,1-8H2,(H,17,18,19);2-4,8H,5-6,12H2,1H3;1H4/t16-,20+;10-,12+;;/m00../s1. The van der Waals surface area contributed by atoms with Gasteiger partial charge in [0.1, 0.15) is 35.1 Å². The molecule has 6 saturated heterocycles. The molecule has 0 radical (unpaired) electrons. The fourth-order valence-corrected chi connectivity index (χ4v) is 10.9. The maximum atomic E-state index is 14.6. The van der Waals surface area contributed by atoms with E-state index in [0.29, 0.717) is 91.1 Å². The number of halogens is 3. The number of hydrogen-bond donors (Lipinski definition) is 4. The average molecular weight is 1100 g/mol. The monoisotopic (exact) mass is 1100 g/mol. The van der Waals surface area contributed by atoms with E-state index in [0.717, 1.165) is 57.2 Å². The molecule has 0 aliphatic carbocycles. The normalized spacial score (nSPS) is 21.3. The van der Waals surface area contributed by atoms with Crippen LogP contribution in [0, 0.1) is 23.5 Å². The number of nitrogens with zero attached hydrogens (tertiary/aromatic N) is 14. The van der Waals surface area contributed by atoms with Crippen LogP contribution in [0.2, 0.25) is 5.28 Å². The zero-order valence-electron chi connectivity index (χ0n) is 43.1. The number of nitrogen functional groups attached to an aromatic ring is 1. The number of hydrogen-bond acceptors (Lipinski definition) is 20. The van der Waals surface area contributed by atoms with Crippen molar-refractivity contribution in [2.24, 2.45) is 25.9 Å². The van der Waals surface area contributed by atoms with Crippen molar-refractivity contribution in [3.63, 3.8) is 0 Å². The van der Waals surface area contributed by atoms with Gasteiger partial charge in [0.05, 0.1) is 38.8 Å². The number of rotatable bonds is 14. The molecule has 0 spiro atoms. The minimum atomic E-state index is -0.495. The Morgan fingerprint density at radius 3 is 1.67 bits per heavy atom. The number of nitrogens with one attached hydrogen (secondary N) is 3. The SMILES string of the molecule is C.Cn1nnn(-c2cc(N)ccc2OC2COC2)c1=O.Cn1nnn(-c2cc(Nc3ncc(F)c(NC[C@@H]4CCCN5CCCC[C@H]45)n3)ccc2OC2COC2)c1=O.Fc1cnc(Cl)nc1NC[C@@H]1CCCN2CCCC[C@H]12. The van der Waals surface area contributed by atoms with Crippen molar-refractivity contribution >= 4 is 40.6 Å². The average Bonchev–Trinajstić information content (AvgIpc) is 3.95. The number of benzene rings is 2. The lowest BCUT2D eigenvalue weighted by Crippen LogP contribution is -2.49. The van der Waals surface area contributed by atoms with Crippen molar-refractivity contribution < 1.29 is 27.7 Å². The summed E-state index contributed by atoms with van der Waals surface area (Å²) in [6, 6.07) is 11.5. The van der Waals surface area contributed by atoms with Gasteiger partial charge in [-0.2, -0.15) is 28.7 Å².